The summed E-state index contributed by atoms with van der Waals surface area (Å²) in [6.45, 7) is 6.44. The van der Waals surface area contributed by atoms with Crippen molar-refractivity contribution < 1.29 is 9.53 Å². The summed E-state index contributed by atoms with van der Waals surface area (Å²) in [6.07, 6.45) is 1.85. The number of carbonyl (C=O) groups excluding carboxylic acids is 1. The van der Waals surface area contributed by atoms with Gasteiger partial charge in [-0.05, 0) is 27.2 Å². The van der Waals surface area contributed by atoms with Gasteiger partial charge in [0.2, 0.25) is 0 Å². The van der Waals surface area contributed by atoms with Crippen molar-refractivity contribution in [1.82, 2.24) is 9.88 Å². The van der Waals surface area contributed by atoms with Gasteiger partial charge in [0, 0.05) is 30.1 Å². The van der Waals surface area contributed by atoms with Crippen LogP contribution in [0.1, 0.15) is 32.0 Å². The van der Waals surface area contributed by atoms with Crippen molar-refractivity contribution in [2.75, 3.05) is 6.54 Å². The molecule has 0 aromatic carbocycles. The van der Waals surface area contributed by atoms with Crippen LogP contribution in [0.15, 0.2) is 17.1 Å². The zero-order chi connectivity index (χ0) is 13.3. The maximum absolute atomic E-state index is 11.9. The lowest BCUT2D eigenvalue weighted by Crippen LogP contribution is -2.41. The molecule has 5 heteroatoms. The van der Waals surface area contributed by atoms with E-state index in [2.05, 4.69) is 4.98 Å². The Hall–Kier alpha value is -1.78. The third-order valence-electron chi connectivity index (χ3n) is 2.79. The SMILES string of the molecule is CC(C)(C)OC(=O)N1CCc2c([nH]ccc2=O)C1. The molecule has 0 aliphatic carbocycles. The van der Waals surface area contributed by atoms with Crippen LogP contribution in [-0.2, 0) is 17.7 Å². The molecule has 18 heavy (non-hydrogen) atoms. The second-order valence-electron chi connectivity index (χ2n) is 5.45. The molecule has 2 rings (SSSR count). The Bertz CT molecular complexity index is 514. The van der Waals surface area contributed by atoms with Crippen molar-refractivity contribution in [3.8, 4) is 0 Å². The lowest BCUT2D eigenvalue weighted by molar-refractivity contribution is 0.0220. The molecule has 0 bridgehead atoms. The second-order valence-corrected chi connectivity index (χ2v) is 5.45. The Labute approximate surface area is 106 Å². The fourth-order valence-electron chi connectivity index (χ4n) is 1.97. The summed E-state index contributed by atoms with van der Waals surface area (Å²) in [5.41, 5.74) is 1.12. The van der Waals surface area contributed by atoms with Gasteiger partial charge in [0.25, 0.3) is 0 Å². The number of aromatic amines is 1. The van der Waals surface area contributed by atoms with Gasteiger partial charge in [-0.2, -0.15) is 0 Å². The average Bonchev–Trinajstić information content (AvgIpc) is 2.26. The van der Waals surface area contributed by atoms with Gasteiger partial charge in [0.1, 0.15) is 5.60 Å². The molecule has 1 aromatic heterocycles. The minimum Gasteiger partial charge on any atom is -0.444 e. The van der Waals surface area contributed by atoms with Crippen LogP contribution in [0.3, 0.4) is 0 Å². The van der Waals surface area contributed by atoms with Crippen molar-refractivity contribution in [3.63, 3.8) is 0 Å². The number of nitrogens with one attached hydrogen (secondary N) is 1. The lowest BCUT2D eigenvalue weighted by Gasteiger charge is -2.30. The molecule has 1 amide bonds. The number of aromatic nitrogens is 1. The van der Waals surface area contributed by atoms with Crippen molar-refractivity contribution in [3.05, 3.63) is 33.7 Å². The van der Waals surface area contributed by atoms with Crippen LogP contribution in [0.4, 0.5) is 4.79 Å². The highest BCUT2D eigenvalue weighted by atomic mass is 16.6. The van der Waals surface area contributed by atoms with E-state index in [1.807, 2.05) is 20.8 Å². The molecule has 0 saturated heterocycles. The number of pyridine rings is 1. The van der Waals surface area contributed by atoms with Gasteiger partial charge < -0.3 is 14.6 Å². The Morgan fingerprint density at radius 1 is 1.44 bits per heavy atom. The number of rotatable bonds is 0. The van der Waals surface area contributed by atoms with Crippen LogP contribution >= 0.6 is 0 Å². The first-order chi connectivity index (χ1) is 8.37. The van der Waals surface area contributed by atoms with E-state index in [-0.39, 0.29) is 11.5 Å². The quantitative estimate of drug-likeness (QED) is 0.761. The number of H-pyrrole nitrogens is 1. The zero-order valence-corrected chi connectivity index (χ0v) is 10.9. The summed E-state index contributed by atoms with van der Waals surface area (Å²) < 4.78 is 5.32. The zero-order valence-electron chi connectivity index (χ0n) is 10.9. The first kappa shape index (κ1) is 12.7. The highest BCUT2D eigenvalue weighted by molar-refractivity contribution is 5.68. The van der Waals surface area contributed by atoms with Crippen LogP contribution in [0.5, 0.6) is 0 Å². The van der Waals surface area contributed by atoms with Crippen LogP contribution in [0.25, 0.3) is 0 Å². The molecular weight excluding hydrogens is 232 g/mol. The molecule has 1 aliphatic heterocycles. The van der Waals surface area contributed by atoms with E-state index < -0.39 is 5.60 Å². The molecule has 5 nitrogen and oxygen atoms in total. The van der Waals surface area contributed by atoms with Crippen LogP contribution < -0.4 is 5.43 Å². The first-order valence-corrected chi connectivity index (χ1v) is 6.04. The van der Waals surface area contributed by atoms with Crippen LogP contribution in [-0.4, -0.2) is 28.1 Å². The molecule has 2 heterocycles. The molecule has 1 aliphatic rings. The third-order valence-corrected chi connectivity index (χ3v) is 2.79. The van der Waals surface area contributed by atoms with E-state index in [0.29, 0.717) is 19.5 Å². The normalized spacial score (nSPS) is 15.2. The Kier molecular flexibility index (Phi) is 3.15. The molecule has 0 spiro atoms. The summed E-state index contributed by atoms with van der Waals surface area (Å²) >= 11 is 0. The highest BCUT2D eigenvalue weighted by Gasteiger charge is 2.26. The summed E-state index contributed by atoms with van der Waals surface area (Å²) in [6, 6.07) is 1.52. The monoisotopic (exact) mass is 250 g/mol. The molecule has 98 valence electrons. The topological polar surface area (TPSA) is 62.4 Å². The second kappa shape index (κ2) is 4.48. The molecule has 0 unspecified atom stereocenters. The van der Waals surface area contributed by atoms with Gasteiger partial charge >= 0.3 is 6.09 Å². The number of carbonyl (C=O) groups is 1. The Balaban J connectivity index is 2.13. The Morgan fingerprint density at radius 3 is 2.83 bits per heavy atom. The van der Waals surface area contributed by atoms with E-state index in [1.165, 1.54) is 6.07 Å². The Morgan fingerprint density at radius 2 is 2.17 bits per heavy atom. The molecular formula is C13H18N2O3. The van der Waals surface area contributed by atoms with E-state index >= 15 is 0 Å². The number of ether oxygens (including phenoxy) is 1. The lowest BCUT2D eigenvalue weighted by atomic mass is 10.1. The number of nitrogens with zero attached hydrogens (tertiary/aromatic N) is 1. The molecule has 0 radical (unpaired) electrons. The third kappa shape index (κ3) is 2.72. The van der Waals surface area contributed by atoms with E-state index in [9.17, 15) is 9.59 Å². The van der Waals surface area contributed by atoms with Crippen molar-refractivity contribution in [2.24, 2.45) is 0 Å². The summed E-state index contributed by atoms with van der Waals surface area (Å²) in [7, 11) is 0. The fourth-order valence-corrected chi connectivity index (χ4v) is 1.97. The van der Waals surface area contributed by atoms with E-state index in [0.717, 1.165) is 11.3 Å². The molecule has 1 N–H and O–H groups in total. The number of fused-ring (bicyclic) bond motifs is 1. The largest absolute Gasteiger partial charge is 0.444 e. The highest BCUT2D eigenvalue weighted by Crippen LogP contribution is 2.17. The van der Waals surface area contributed by atoms with Crippen LogP contribution in [0.2, 0.25) is 0 Å². The minimum absolute atomic E-state index is 0.0348. The summed E-state index contributed by atoms with van der Waals surface area (Å²) in [4.78, 5) is 28.2. The van der Waals surface area contributed by atoms with Crippen LogP contribution in [0, 0.1) is 0 Å². The predicted octanol–water partition coefficient (Wildman–Crippen LogP) is 1.67. The summed E-state index contributed by atoms with van der Waals surface area (Å²) in [5, 5.41) is 0. The van der Waals surface area contributed by atoms with Gasteiger partial charge in [0.15, 0.2) is 5.43 Å². The number of amides is 1. The predicted molar refractivity (Wildman–Crippen MR) is 67.4 cm³/mol. The smallest absolute Gasteiger partial charge is 0.410 e. The fraction of sp³-hybridized carbons (Fsp3) is 0.538. The molecule has 0 atom stereocenters. The number of hydrogen-bond acceptors (Lipinski definition) is 3. The first-order valence-electron chi connectivity index (χ1n) is 6.04. The molecule has 1 aromatic rings. The molecule has 0 saturated carbocycles. The average molecular weight is 250 g/mol. The standard InChI is InChI=1S/C13H18N2O3/c1-13(2,3)18-12(17)15-7-5-9-10(8-15)14-6-4-11(9)16/h4,6H,5,7-8H2,1-3H3,(H,14,16). The van der Waals surface area contributed by atoms with E-state index in [4.69, 9.17) is 4.74 Å². The number of hydrogen-bond donors (Lipinski definition) is 1. The van der Waals surface area contributed by atoms with Crippen molar-refractivity contribution >= 4 is 6.09 Å². The maximum Gasteiger partial charge on any atom is 0.410 e. The van der Waals surface area contributed by atoms with Gasteiger partial charge in [-0.1, -0.05) is 0 Å². The van der Waals surface area contributed by atoms with Gasteiger partial charge in [-0.3, -0.25) is 4.79 Å². The summed E-state index contributed by atoms with van der Waals surface area (Å²) in [5.74, 6) is 0. The van der Waals surface area contributed by atoms with Gasteiger partial charge in [-0.15, -0.1) is 0 Å². The maximum atomic E-state index is 11.9. The molecule has 0 fully saturated rings. The minimum atomic E-state index is -0.499. The van der Waals surface area contributed by atoms with E-state index in [1.54, 1.807) is 11.1 Å². The van der Waals surface area contributed by atoms with Crippen molar-refractivity contribution in [2.45, 2.75) is 39.3 Å². The van der Waals surface area contributed by atoms with Crippen molar-refractivity contribution in [1.29, 1.82) is 0 Å². The van der Waals surface area contributed by atoms with Gasteiger partial charge in [-0.25, -0.2) is 4.79 Å². The van der Waals surface area contributed by atoms with Gasteiger partial charge in [0.05, 0.1) is 6.54 Å².